The monoisotopic (exact) mass is 701 g/mol. The third-order valence-corrected chi connectivity index (χ3v) is 10.7. The number of benzene rings is 9. The number of para-hydroxylation sites is 1. The van der Waals surface area contributed by atoms with Crippen LogP contribution in [0, 0.1) is 0 Å². The van der Waals surface area contributed by atoms with Crippen LogP contribution in [0.3, 0.4) is 0 Å². The van der Waals surface area contributed by atoms with Crippen molar-refractivity contribution in [1.29, 1.82) is 0 Å². The molecule has 256 valence electrons. The molecule has 0 radical (unpaired) electrons. The highest BCUT2D eigenvalue weighted by molar-refractivity contribution is 6.16. The summed E-state index contributed by atoms with van der Waals surface area (Å²) in [5, 5.41) is 9.41. The third-order valence-electron chi connectivity index (χ3n) is 10.7. The van der Waals surface area contributed by atoms with E-state index in [-0.39, 0.29) is 0 Å². The maximum absolute atomic E-state index is 6.19. The van der Waals surface area contributed by atoms with Crippen LogP contribution in [-0.2, 0) is 0 Å². The van der Waals surface area contributed by atoms with E-state index in [1.165, 1.54) is 32.5 Å². The second kappa shape index (κ2) is 12.6. The Bertz CT molecular complexity index is 3200. The molecule has 0 amide bonds. The summed E-state index contributed by atoms with van der Waals surface area (Å²) in [7, 11) is 0. The molecular formula is C51H31N3O. The minimum absolute atomic E-state index is 0.637. The van der Waals surface area contributed by atoms with Crippen LogP contribution in [0.1, 0.15) is 0 Å². The fourth-order valence-electron chi connectivity index (χ4n) is 7.95. The number of hydrogen-bond acceptors (Lipinski definition) is 4. The topological polar surface area (TPSA) is 51.8 Å². The van der Waals surface area contributed by atoms with Crippen molar-refractivity contribution in [2.45, 2.75) is 0 Å². The fourth-order valence-corrected chi connectivity index (χ4v) is 7.95. The van der Waals surface area contributed by atoms with Crippen LogP contribution in [0.25, 0.3) is 111 Å². The molecule has 55 heavy (non-hydrogen) atoms. The molecular weight excluding hydrogens is 671 g/mol. The van der Waals surface area contributed by atoms with Crippen LogP contribution < -0.4 is 0 Å². The molecule has 0 aliphatic heterocycles. The van der Waals surface area contributed by atoms with E-state index in [1.54, 1.807) is 0 Å². The molecule has 11 aromatic rings. The first kappa shape index (κ1) is 31.1. The smallest absolute Gasteiger partial charge is 0.164 e. The van der Waals surface area contributed by atoms with Crippen molar-refractivity contribution in [3.63, 3.8) is 0 Å². The van der Waals surface area contributed by atoms with Crippen LogP contribution in [0.4, 0.5) is 0 Å². The molecule has 0 fully saturated rings. The van der Waals surface area contributed by atoms with E-state index >= 15 is 0 Å². The maximum atomic E-state index is 6.19. The standard InChI is InChI=1S/C51H31N3O/c1-3-12-32(13-4-1)49-52-50(33-14-5-2-6-15-33)54-51(53-49)40-28-36-16-7-8-19-41(36)44(29-40)37-18-11-17-34(26-37)35-24-25-42-38(27-35)22-23-39-30-48-46(31-45(39)42)43-20-9-10-21-47(43)55-48/h1-31H. The van der Waals surface area contributed by atoms with E-state index in [4.69, 9.17) is 19.4 Å². The molecule has 2 aromatic heterocycles. The van der Waals surface area contributed by atoms with Gasteiger partial charge < -0.3 is 4.42 Å². The van der Waals surface area contributed by atoms with E-state index in [2.05, 4.69) is 115 Å². The Labute approximate surface area is 317 Å². The van der Waals surface area contributed by atoms with Gasteiger partial charge in [0.25, 0.3) is 0 Å². The molecule has 2 heterocycles. The molecule has 0 aliphatic carbocycles. The van der Waals surface area contributed by atoms with E-state index in [0.29, 0.717) is 17.5 Å². The first-order valence-electron chi connectivity index (χ1n) is 18.5. The van der Waals surface area contributed by atoms with Gasteiger partial charge in [0.1, 0.15) is 11.2 Å². The zero-order valence-corrected chi connectivity index (χ0v) is 29.6. The molecule has 9 aromatic carbocycles. The van der Waals surface area contributed by atoms with Gasteiger partial charge in [0, 0.05) is 27.5 Å². The summed E-state index contributed by atoms with van der Waals surface area (Å²) in [6.45, 7) is 0. The molecule has 4 nitrogen and oxygen atoms in total. The molecule has 0 aliphatic rings. The Morgan fingerprint density at radius 1 is 0.273 bits per heavy atom. The lowest BCUT2D eigenvalue weighted by atomic mass is 9.92. The summed E-state index contributed by atoms with van der Waals surface area (Å²) in [5.74, 6) is 1.93. The molecule has 0 N–H and O–H groups in total. The summed E-state index contributed by atoms with van der Waals surface area (Å²) in [4.78, 5) is 15.0. The van der Waals surface area contributed by atoms with Gasteiger partial charge in [-0.05, 0) is 97.0 Å². The highest BCUT2D eigenvalue weighted by Crippen LogP contribution is 2.39. The average Bonchev–Trinajstić information content (AvgIpc) is 3.63. The second-order valence-corrected chi connectivity index (χ2v) is 14.0. The Hall–Kier alpha value is -7.43. The van der Waals surface area contributed by atoms with Crippen molar-refractivity contribution in [2.24, 2.45) is 0 Å². The summed E-state index contributed by atoms with van der Waals surface area (Å²) in [6, 6.07) is 66.0. The van der Waals surface area contributed by atoms with Gasteiger partial charge in [-0.3, -0.25) is 0 Å². The van der Waals surface area contributed by atoms with Crippen molar-refractivity contribution in [3.05, 3.63) is 188 Å². The first-order chi connectivity index (χ1) is 27.2. The molecule has 4 heteroatoms. The van der Waals surface area contributed by atoms with Gasteiger partial charge in [0.05, 0.1) is 0 Å². The number of nitrogens with zero attached hydrogens (tertiary/aromatic N) is 3. The normalized spacial score (nSPS) is 11.6. The Kier molecular flexibility index (Phi) is 7.14. The second-order valence-electron chi connectivity index (χ2n) is 14.0. The predicted octanol–water partition coefficient (Wildman–Crippen LogP) is 13.6. The van der Waals surface area contributed by atoms with Crippen LogP contribution in [0.15, 0.2) is 192 Å². The number of aromatic nitrogens is 3. The van der Waals surface area contributed by atoms with E-state index in [9.17, 15) is 0 Å². The fraction of sp³-hybridized carbons (Fsp3) is 0. The average molecular weight is 702 g/mol. The number of furan rings is 1. The van der Waals surface area contributed by atoms with Crippen LogP contribution in [-0.4, -0.2) is 15.0 Å². The summed E-state index contributed by atoms with van der Waals surface area (Å²) in [6.07, 6.45) is 0. The molecule has 0 unspecified atom stereocenters. The zero-order chi connectivity index (χ0) is 36.3. The lowest BCUT2D eigenvalue weighted by Crippen LogP contribution is -2.00. The molecule has 11 rings (SSSR count). The lowest BCUT2D eigenvalue weighted by molar-refractivity contribution is 0.669. The highest BCUT2D eigenvalue weighted by Gasteiger charge is 2.16. The van der Waals surface area contributed by atoms with Crippen molar-refractivity contribution >= 4 is 54.3 Å². The lowest BCUT2D eigenvalue weighted by Gasteiger charge is -2.13. The molecule has 0 atom stereocenters. The van der Waals surface area contributed by atoms with Gasteiger partial charge in [0.2, 0.25) is 0 Å². The Morgan fingerprint density at radius 3 is 1.60 bits per heavy atom. The quantitative estimate of drug-likeness (QED) is 0.168. The summed E-state index contributed by atoms with van der Waals surface area (Å²) in [5.41, 5.74) is 9.25. The van der Waals surface area contributed by atoms with Crippen molar-refractivity contribution in [1.82, 2.24) is 15.0 Å². The maximum Gasteiger partial charge on any atom is 0.164 e. The SMILES string of the molecule is c1ccc(-c2nc(-c3ccccc3)nc(-c3cc(-c4cccc(-c5ccc6c(ccc7cc8oc9ccccc9c8cc76)c5)c4)c4ccccc4c3)n2)cc1. The van der Waals surface area contributed by atoms with Gasteiger partial charge >= 0.3 is 0 Å². The predicted molar refractivity (Wildman–Crippen MR) is 227 cm³/mol. The largest absolute Gasteiger partial charge is 0.456 e. The van der Waals surface area contributed by atoms with Gasteiger partial charge in [-0.2, -0.15) is 0 Å². The van der Waals surface area contributed by atoms with Gasteiger partial charge in [-0.15, -0.1) is 0 Å². The van der Waals surface area contributed by atoms with Crippen molar-refractivity contribution < 1.29 is 4.42 Å². The van der Waals surface area contributed by atoms with Crippen LogP contribution >= 0.6 is 0 Å². The van der Waals surface area contributed by atoms with E-state index < -0.39 is 0 Å². The molecule has 0 saturated heterocycles. The number of hydrogen-bond donors (Lipinski definition) is 0. The minimum atomic E-state index is 0.637. The minimum Gasteiger partial charge on any atom is -0.456 e. The first-order valence-corrected chi connectivity index (χ1v) is 18.5. The Balaban J connectivity index is 1.03. The van der Waals surface area contributed by atoms with Gasteiger partial charge in [-0.1, -0.05) is 146 Å². The molecule has 0 saturated carbocycles. The molecule has 0 spiro atoms. The van der Waals surface area contributed by atoms with Gasteiger partial charge in [0.15, 0.2) is 17.5 Å². The van der Waals surface area contributed by atoms with Crippen molar-refractivity contribution in [3.8, 4) is 56.4 Å². The highest BCUT2D eigenvalue weighted by atomic mass is 16.3. The zero-order valence-electron chi connectivity index (χ0n) is 29.6. The number of rotatable bonds is 5. The summed E-state index contributed by atoms with van der Waals surface area (Å²) >= 11 is 0. The van der Waals surface area contributed by atoms with Crippen LogP contribution in [0.5, 0.6) is 0 Å². The van der Waals surface area contributed by atoms with E-state index in [0.717, 1.165) is 60.7 Å². The number of fused-ring (bicyclic) bond motifs is 7. The molecule has 0 bridgehead atoms. The van der Waals surface area contributed by atoms with E-state index in [1.807, 2.05) is 72.8 Å². The van der Waals surface area contributed by atoms with Crippen molar-refractivity contribution in [2.75, 3.05) is 0 Å². The third kappa shape index (κ3) is 5.43. The van der Waals surface area contributed by atoms with Gasteiger partial charge in [-0.25, -0.2) is 15.0 Å². The summed E-state index contributed by atoms with van der Waals surface area (Å²) < 4.78 is 6.19. The Morgan fingerprint density at radius 2 is 0.836 bits per heavy atom. The van der Waals surface area contributed by atoms with Crippen LogP contribution in [0.2, 0.25) is 0 Å².